The maximum atomic E-state index is 13.6. The fourth-order valence-electron chi connectivity index (χ4n) is 3.14. The standard InChI is InChI=1S/C16H17FN4O3/c1-10-6-13(17)7-12-4-3-5-20(16(10)12)15(22)9-19-8-14(21(23)24)18-11(19)2/h6-8H,3-5,9H2,1-2H3. The van der Waals surface area contributed by atoms with Gasteiger partial charge in [-0.2, -0.15) is 0 Å². The maximum Gasteiger partial charge on any atom is 0.381 e. The second-order valence-electron chi connectivity index (χ2n) is 5.91. The van der Waals surface area contributed by atoms with Crippen molar-refractivity contribution >= 4 is 17.4 Å². The van der Waals surface area contributed by atoms with Crippen LogP contribution in [0, 0.1) is 29.8 Å². The van der Waals surface area contributed by atoms with E-state index in [2.05, 4.69) is 4.98 Å². The topological polar surface area (TPSA) is 81.3 Å². The highest BCUT2D eigenvalue weighted by molar-refractivity contribution is 5.95. The van der Waals surface area contributed by atoms with Crippen molar-refractivity contribution in [2.24, 2.45) is 0 Å². The number of hydrogen-bond acceptors (Lipinski definition) is 4. The Labute approximate surface area is 137 Å². The highest BCUT2D eigenvalue weighted by Crippen LogP contribution is 2.32. The summed E-state index contributed by atoms with van der Waals surface area (Å²) in [6, 6.07) is 2.88. The molecule has 3 rings (SSSR count). The number of carbonyl (C=O) groups excluding carboxylic acids is 1. The number of benzene rings is 1. The molecule has 1 aliphatic heterocycles. The van der Waals surface area contributed by atoms with Crippen LogP contribution in [0.15, 0.2) is 18.3 Å². The molecule has 8 heteroatoms. The molecule has 0 spiro atoms. The Morgan fingerprint density at radius 3 is 2.83 bits per heavy atom. The van der Waals surface area contributed by atoms with Crippen LogP contribution in [0.2, 0.25) is 0 Å². The van der Waals surface area contributed by atoms with Gasteiger partial charge in [-0.15, -0.1) is 0 Å². The predicted molar refractivity (Wildman–Crippen MR) is 85.4 cm³/mol. The van der Waals surface area contributed by atoms with Gasteiger partial charge in [0.05, 0.1) is 0 Å². The van der Waals surface area contributed by atoms with Gasteiger partial charge in [0.1, 0.15) is 18.6 Å². The lowest BCUT2D eigenvalue weighted by atomic mass is 9.98. The van der Waals surface area contributed by atoms with Gasteiger partial charge in [-0.25, -0.2) is 4.39 Å². The molecule has 0 saturated carbocycles. The molecule has 24 heavy (non-hydrogen) atoms. The Kier molecular flexibility index (Phi) is 4.04. The predicted octanol–water partition coefficient (Wildman–Crippen LogP) is 2.53. The number of fused-ring (bicyclic) bond motifs is 1. The normalized spacial score (nSPS) is 13.7. The fraction of sp³-hybridized carbons (Fsp3) is 0.375. The summed E-state index contributed by atoms with van der Waals surface area (Å²) >= 11 is 0. The zero-order chi connectivity index (χ0) is 17.4. The first-order valence-corrected chi connectivity index (χ1v) is 7.64. The van der Waals surface area contributed by atoms with Crippen LogP contribution in [0.1, 0.15) is 23.4 Å². The quantitative estimate of drug-likeness (QED) is 0.639. The van der Waals surface area contributed by atoms with Gasteiger partial charge in [0, 0.05) is 19.2 Å². The molecule has 2 aromatic rings. The van der Waals surface area contributed by atoms with Crippen molar-refractivity contribution in [2.45, 2.75) is 33.2 Å². The molecule has 0 atom stereocenters. The molecular weight excluding hydrogens is 315 g/mol. The van der Waals surface area contributed by atoms with Crippen molar-refractivity contribution in [2.75, 3.05) is 11.4 Å². The molecule has 1 aromatic heterocycles. The van der Waals surface area contributed by atoms with E-state index in [-0.39, 0.29) is 24.1 Å². The van der Waals surface area contributed by atoms with E-state index in [0.29, 0.717) is 17.9 Å². The average molecular weight is 332 g/mol. The number of aromatic nitrogens is 2. The molecule has 1 aliphatic rings. The van der Waals surface area contributed by atoms with Crippen molar-refractivity contribution in [1.82, 2.24) is 9.55 Å². The molecule has 126 valence electrons. The van der Waals surface area contributed by atoms with Gasteiger partial charge in [0.15, 0.2) is 0 Å². The molecule has 7 nitrogen and oxygen atoms in total. The Bertz CT molecular complexity index is 831. The van der Waals surface area contributed by atoms with Crippen LogP contribution in [0.5, 0.6) is 0 Å². The van der Waals surface area contributed by atoms with Crippen LogP contribution in [0.3, 0.4) is 0 Å². The zero-order valence-corrected chi connectivity index (χ0v) is 13.5. The van der Waals surface area contributed by atoms with Crippen molar-refractivity contribution in [3.8, 4) is 0 Å². The monoisotopic (exact) mass is 332 g/mol. The minimum Gasteiger partial charge on any atom is -0.358 e. The molecular formula is C16H17FN4O3. The maximum absolute atomic E-state index is 13.6. The summed E-state index contributed by atoms with van der Waals surface area (Å²) in [7, 11) is 0. The average Bonchev–Trinajstić information content (AvgIpc) is 2.87. The van der Waals surface area contributed by atoms with Crippen LogP contribution < -0.4 is 4.90 Å². The first-order valence-electron chi connectivity index (χ1n) is 7.64. The van der Waals surface area contributed by atoms with E-state index >= 15 is 0 Å². The van der Waals surface area contributed by atoms with Crippen LogP contribution >= 0.6 is 0 Å². The molecule has 0 unspecified atom stereocenters. The van der Waals surface area contributed by atoms with Gasteiger partial charge in [-0.1, -0.05) is 0 Å². The van der Waals surface area contributed by atoms with Gasteiger partial charge < -0.3 is 15.0 Å². The second-order valence-corrected chi connectivity index (χ2v) is 5.91. The SMILES string of the molecule is Cc1cc(F)cc2c1N(C(=O)Cn1cc([N+](=O)[O-])nc1C)CCC2. The lowest BCUT2D eigenvalue weighted by molar-refractivity contribution is -0.389. The van der Waals surface area contributed by atoms with E-state index in [9.17, 15) is 19.3 Å². The number of aryl methyl sites for hydroxylation is 3. The van der Waals surface area contributed by atoms with Crippen molar-refractivity contribution in [3.05, 3.63) is 51.2 Å². The minimum atomic E-state index is -0.586. The minimum absolute atomic E-state index is 0.0388. The summed E-state index contributed by atoms with van der Waals surface area (Å²) < 4.78 is 15.0. The fourth-order valence-corrected chi connectivity index (χ4v) is 3.14. The van der Waals surface area contributed by atoms with Gasteiger partial charge in [-0.05, 0) is 52.9 Å². The molecule has 0 bridgehead atoms. The third-order valence-electron chi connectivity index (χ3n) is 4.20. The molecule has 1 amide bonds. The number of nitro groups is 1. The van der Waals surface area contributed by atoms with E-state index in [1.54, 1.807) is 18.7 Å². The summed E-state index contributed by atoms with van der Waals surface area (Å²) in [4.78, 5) is 28.4. The molecule has 0 N–H and O–H groups in total. The number of carbonyl (C=O) groups is 1. The van der Waals surface area contributed by atoms with Crippen LogP contribution in [-0.2, 0) is 17.8 Å². The summed E-state index contributed by atoms with van der Waals surface area (Å²) in [5.41, 5.74) is 2.28. The van der Waals surface area contributed by atoms with E-state index in [4.69, 9.17) is 0 Å². The third-order valence-corrected chi connectivity index (χ3v) is 4.20. The smallest absolute Gasteiger partial charge is 0.358 e. The number of rotatable bonds is 3. The highest BCUT2D eigenvalue weighted by atomic mass is 19.1. The molecule has 1 aromatic carbocycles. The molecule has 2 heterocycles. The number of hydrogen-bond donors (Lipinski definition) is 0. The lowest BCUT2D eigenvalue weighted by Gasteiger charge is -2.31. The number of amides is 1. The third kappa shape index (κ3) is 2.86. The lowest BCUT2D eigenvalue weighted by Crippen LogP contribution is -2.38. The second kappa shape index (κ2) is 6.03. The van der Waals surface area contributed by atoms with Gasteiger partial charge >= 0.3 is 5.82 Å². The van der Waals surface area contributed by atoms with E-state index in [1.165, 1.54) is 22.9 Å². The summed E-state index contributed by atoms with van der Waals surface area (Å²) in [6.07, 6.45) is 2.74. The Morgan fingerprint density at radius 1 is 1.42 bits per heavy atom. The number of imidazole rings is 1. The zero-order valence-electron chi connectivity index (χ0n) is 13.5. The van der Waals surface area contributed by atoms with Gasteiger partial charge in [-0.3, -0.25) is 9.36 Å². The van der Waals surface area contributed by atoms with E-state index in [0.717, 1.165) is 24.1 Å². The summed E-state index contributed by atoms with van der Waals surface area (Å²) in [5.74, 6) is -0.372. The Balaban J connectivity index is 1.89. The van der Waals surface area contributed by atoms with Crippen molar-refractivity contribution < 1.29 is 14.1 Å². The van der Waals surface area contributed by atoms with Gasteiger partial charge in [0.25, 0.3) is 0 Å². The summed E-state index contributed by atoms with van der Waals surface area (Å²) in [5, 5.41) is 10.8. The molecule has 0 saturated heterocycles. The van der Waals surface area contributed by atoms with Crippen LogP contribution in [0.4, 0.5) is 15.9 Å². The first kappa shape index (κ1) is 16.1. The van der Waals surface area contributed by atoms with E-state index in [1.807, 2.05) is 0 Å². The largest absolute Gasteiger partial charge is 0.381 e. The number of halogens is 1. The summed E-state index contributed by atoms with van der Waals surface area (Å²) in [6.45, 7) is 3.91. The van der Waals surface area contributed by atoms with Crippen LogP contribution in [-0.4, -0.2) is 26.9 Å². The van der Waals surface area contributed by atoms with E-state index < -0.39 is 4.92 Å². The van der Waals surface area contributed by atoms with Gasteiger partial charge in [0.2, 0.25) is 11.7 Å². The van der Waals surface area contributed by atoms with Crippen LogP contribution in [0.25, 0.3) is 0 Å². The first-order chi connectivity index (χ1) is 11.4. The Hall–Kier alpha value is -2.77. The number of nitrogens with zero attached hydrogens (tertiary/aromatic N) is 4. The van der Waals surface area contributed by atoms with Crippen molar-refractivity contribution in [1.29, 1.82) is 0 Å². The molecule has 0 radical (unpaired) electrons. The molecule has 0 aliphatic carbocycles. The molecule has 0 fully saturated rings. The van der Waals surface area contributed by atoms with Crippen molar-refractivity contribution in [3.63, 3.8) is 0 Å². The Morgan fingerprint density at radius 2 is 2.17 bits per heavy atom. The highest BCUT2D eigenvalue weighted by Gasteiger charge is 2.26. The number of anilines is 1.